The lowest BCUT2D eigenvalue weighted by molar-refractivity contribution is -0.671. The number of ether oxygens (including phenoxy) is 1. The first-order valence-corrected chi connectivity index (χ1v) is 5.89. The highest BCUT2D eigenvalue weighted by Crippen LogP contribution is 2.26. The van der Waals surface area contributed by atoms with Gasteiger partial charge in [0, 0.05) is 12.5 Å². The average molecular weight is 373 g/mol. The molecule has 6 heteroatoms. The molecular formula is C12H12IN3OS. The Morgan fingerprint density at radius 2 is 2.33 bits per heavy atom. The molecule has 0 aromatic carbocycles. The highest BCUT2D eigenvalue weighted by atomic mass is 127. The SMILES string of the molecule is C#CCCOc1nsnc1-c1ccc[n+](C)c1.[I-]. The van der Waals surface area contributed by atoms with Crippen LogP contribution in [0.1, 0.15) is 6.42 Å². The zero-order valence-electron chi connectivity index (χ0n) is 9.84. The van der Waals surface area contributed by atoms with Crippen LogP contribution in [-0.4, -0.2) is 15.4 Å². The number of aromatic nitrogens is 3. The second-order valence-corrected chi connectivity index (χ2v) is 4.01. The first kappa shape index (κ1) is 14.9. The van der Waals surface area contributed by atoms with Gasteiger partial charge in [-0.2, -0.15) is 4.37 Å². The molecule has 94 valence electrons. The van der Waals surface area contributed by atoms with Gasteiger partial charge in [0.2, 0.25) is 0 Å². The standard InChI is InChI=1S/C12H12N3OS.HI/c1-3-4-8-16-12-11(13-17-14-12)10-6-5-7-15(2)9-10;/h1,5-7,9H,4,8H2,2H3;1H/q+1;/p-1. The second-order valence-electron chi connectivity index (χ2n) is 3.48. The zero-order valence-corrected chi connectivity index (χ0v) is 12.8. The van der Waals surface area contributed by atoms with Gasteiger partial charge in [0.1, 0.15) is 13.7 Å². The molecule has 0 aliphatic heterocycles. The summed E-state index contributed by atoms with van der Waals surface area (Å²) < 4.78 is 15.8. The van der Waals surface area contributed by atoms with Crippen molar-refractivity contribution in [1.29, 1.82) is 0 Å². The van der Waals surface area contributed by atoms with Crippen molar-refractivity contribution in [2.75, 3.05) is 6.61 Å². The van der Waals surface area contributed by atoms with Crippen LogP contribution in [-0.2, 0) is 7.05 Å². The first-order valence-electron chi connectivity index (χ1n) is 5.16. The van der Waals surface area contributed by atoms with Gasteiger partial charge >= 0.3 is 0 Å². The van der Waals surface area contributed by atoms with Crippen molar-refractivity contribution in [2.24, 2.45) is 7.05 Å². The van der Waals surface area contributed by atoms with Gasteiger partial charge in [0.05, 0.1) is 17.3 Å². The molecule has 0 fully saturated rings. The van der Waals surface area contributed by atoms with E-state index < -0.39 is 0 Å². The fourth-order valence-corrected chi connectivity index (χ4v) is 1.91. The van der Waals surface area contributed by atoms with E-state index in [2.05, 4.69) is 14.7 Å². The van der Waals surface area contributed by atoms with Crippen molar-refractivity contribution in [3.63, 3.8) is 0 Å². The van der Waals surface area contributed by atoms with Gasteiger partial charge in [-0.05, 0) is 6.07 Å². The molecule has 0 saturated heterocycles. The van der Waals surface area contributed by atoms with Crippen LogP contribution < -0.4 is 33.3 Å². The molecule has 0 spiro atoms. The minimum absolute atomic E-state index is 0. The first-order chi connectivity index (χ1) is 8.31. The van der Waals surface area contributed by atoms with Gasteiger partial charge in [-0.3, -0.25) is 0 Å². The molecule has 2 aromatic rings. The van der Waals surface area contributed by atoms with Crippen molar-refractivity contribution >= 4 is 11.7 Å². The number of halogens is 1. The highest BCUT2D eigenvalue weighted by Gasteiger charge is 2.13. The number of hydrogen-bond donors (Lipinski definition) is 0. The summed E-state index contributed by atoms with van der Waals surface area (Å²) in [6.07, 6.45) is 9.68. The Morgan fingerprint density at radius 1 is 1.50 bits per heavy atom. The van der Waals surface area contributed by atoms with E-state index in [0.29, 0.717) is 18.9 Å². The zero-order chi connectivity index (χ0) is 12.1. The summed E-state index contributed by atoms with van der Waals surface area (Å²) in [5, 5.41) is 0. The lowest BCUT2D eigenvalue weighted by Crippen LogP contribution is -3.00. The molecule has 0 N–H and O–H groups in total. The van der Waals surface area contributed by atoms with E-state index in [4.69, 9.17) is 11.2 Å². The molecule has 2 aromatic heterocycles. The molecule has 0 atom stereocenters. The molecular weight excluding hydrogens is 361 g/mol. The third-order valence-corrected chi connectivity index (χ3v) is 2.67. The number of nitrogens with zero attached hydrogens (tertiary/aromatic N) is 3. The van der Waals surface area contributed by atoms with E-state index in [1.54, 1.807) is 0 Å². The number of pyridine rings is 1. The summed E-state index contributed by atoms with van der Waals surface area (Å²) in [4.78, 5) is 0. The maximum atomic E-state index is 5.50. The molecule has 0 amide bonds. The summed E-state index contributed by atoms with van der Waals surface area (Å²) in [6.45, 7) is 0.466. The van der Waals surface area contributed by atoms with E-state index in [-0.39, 0.29) is 24.0 Å². The molecule has 0 aliphatic rings. The molecule has 2 rings (SSSR count). The van der Waals surface area contributed by atoms with Crippen LogP contribution in [0.15, 0.2) is 24.5 Å². The number of terminal acetylenes is 1. The number of rotatable bonds is 4. The van der Waals surface area contributed by atoms with Crippen LogP contribution in [0.2, 0.25) is 0 Å². The van der Waals surface area contributed by atoms with Gasteiger partial charge in [0.25, 0.3) is 5.88 Å². The van der Waals surface area contributed by atoms with Gasteiger partial charge in [0.15, 0.2) is 18.1 Å². The van der Waals surface area contributed by atoms with Crippen LogP contribution in [0, 0.1) is 12.3 Å². The normalized spacial score (nSPS) is 9.33. The monoisotopic (exact) mass is 373 g/mol. The van der Waals surface area contributed by atoms with Crippen molar-refractivity contribution in [1.82, 2.24) is 8.75 Å². The molecule has 0 unspecified atom stereocenters. The molecule has 2 heterocycles. The van der Waals surface area contributed by atoms with E-state index in [1.807, 2.05) is 36.1 Å². The lowest BCUT2D eigenvalue weighted by atomic mass is 10.2. The summed E-state index contributed by atoms with van der Waals surface area (Å²) in [6, 6.07) is 3.94. The number of hydrogen-bond acceptors (Lipinski definition) is 4. The Hall–Kier alpha value is -1.20. The predicted molar refractivity (Wildman–Crippen MR) is 65.5 cm³/mol. The van der Waals surface area contributed by atoms with Gasteiger partial charge in [-0.15, -0.1) is 16.7 Å². The lowest BCUT2D eigenvalue weighted by Gasteiger charge is -2.01. The van der Waals surface area contributed by atoms with Crippen LogP contribution in [0.5, 0.6) is 5.88 Å². The molecule has 0 radical (unpaired) electrons. The van der Waals surface area contributed by atoms with Crippen LogP contribution >= 0.6 is 11.7 Å². The summed E-state index contributed by atoms with van der Waals surface area (Å²) in [7, 11) is 1.96. The van der Waals surface area contributed by atoms with E-state index in [1.165, 1.54) is 0 Å². The minimum atomic E-state index is 0. The van der Waals surface area contributed by atoms with Crippen molar-refractivity contribution in [3.8, 4) is 29.5 Å². The molecule has 0 aliphatic carbocycles. The summed E-state index contributed by atoms with van der Waals surface area (Å²) in [5.41, 5.74) is 1.75. The minimum Gasteiger partial charge on any atom is -1.00 e. The van der Waals surface area contributed by atoms with Gasteiger partial charge in [-0.1, -0.05) is 0 Å². The topological polar surface area (TPSA) is 38.9 Å². The van der Waals surface area contributed by atoms with Gasteiger partial charge < -0.3 is 28.7 Å². The van der Waals surface area contributed by atoms with E-state index >= 15 is 0 Å². The van der Waals surface area contributed by atoms with Crippen LogP contribution in [0.25, 0.3) is 11.3 Å². The Labute approximate surface area is 127 Å². The summed E-state index contributed by atoms with van der Waals surface area (Å²) in [5.74, 6) is 3.08. The molecule has 18 heavy (non-hydrogen) atoms. The number of aryl methyl sites for hydroxylation is 1. The van der Waals surface area contributed by atoms with E-state index in [0.717, 1.165) is 23.0 Å². The van der Waals surface area contributed by atoms with Gasteiger partial charge in [-0.25, -0.2) is 4.57 Å². The third kappa shape index (κ3) is 3.65. The predicted octanol–water partition coefficient (Wildman–Crippen LogP) is -1.56. The Bertz CT molecular complexity index is 550. The van der Waals surface area contributed by atoms with E-state index in [9.17, 15) is 0 Å². The molecule has 4 nitrogen and oxygen atoms in total. The second kappa shape index (κ2) is 7.28. The summed E-state index contributed by atoms with van der Waals surface area (Å²) >= 11 is 1.14. The quantitative estimate of drug-likeness (QED) is 0.282. The fourth-order valence-electron chi connectivity index (χ4n) is 1.39. The largest absolute Gasteiger partial charge is 1.00 e. The maximum absolute atomic E-state index is 5.50. The smallest absolute Gasteiger partial charge is 0.254 e. The average Bonchev–Trinajstić information content (AvgIpc) is 2.78. The fraction of sp³-hybridized carbons (Fsp3) is 0.250. The highest BCUT2D eigenvalue weighted by molar-refractivity contribution is 6.99. The van der Waals surface area contributed by atoms with Crippen LogP contribution in [0.3, 0.4) is 0 Å². The van der Waals surface area contributed by atoms with Crippen molar-refractivity contribution in [3.05, 3.63) is 24.5 Å². The Balaban J connectivity index is 0.00000162. The van der Waals surface area contributed by atoms with Crippen LogP contribution in [0.4, 0.5) is 0 Å². The Morgan fingerprint density at radius 3 is 3.06 bits per heavy atom. The molecule has 0 saturated carbocycles. The Kier molecular flexibility index (Phi) is 6.01. The maximum Gasteiger partial charge on any atom is 0.254 e. The third-order valence-electron chi connectivity index (χ3n) is 2.16. The van der Waals surface area contributed by atoms with Crippen molar-refractivity contribution in [2.45, 2.75) is 6.42 Å². The molecule has 0 bridgehead atoms. The van der Waals surface area contributed by atoms with Crippen molar-refractivity contribution < 1.29 is 33.3 Å².